The lowest BCUT2D eigenvalue weighted by molar-refractivity contribution is 0.210. The zero-order chi connectivity index (χ0) is 11.5. The number of nitrogen functional groups attached to an aromatic ring is 1. The normalized spacial score (nSPS) is 10.0. The zero-order valence-electron chi connectivity index (χ0n) is 8.31. The van der Waals surface area contributed by atoms with Crippen LogP contribution < -0.4 is 11.1 Å². The van der Waals surface area contributed by atoms with E-state index in [0.717, 1.165) is 11.1 Å². The Bertz CT molecular complexity index is 506. The molecule has 0 unspecified atom stereocenters. The van der Waals surface area contributed by atoms with E-state index in [1.54, 1.807) is 36.8 Å². The molecule has 0 atom stereocenters. The summed E-state index contributed by atoms with van der Waals surface area (Å²) in [6.07, 6.45) is 2.02. The molecule has 0 aliphatic heterocycles. The number of rotatable bonds is 2. The molecule has 2 aromatic rings. The third-order valence-electron chi connectivity index (χ3n) is 2.15. The number of hydrogen-bond acceptors (Lipinski definition) is 3. The van der Waals surface area contributed by atoms with Crippen LogP contribution in [-0.2, 0) is 0 Å². The predicted octanol–water partition coefficient (Wildman–Crippen LogP) is 2.62. The number of furan rings is 1. The molecule has 0 radical (unpaired) electrons. The van der Waals surface area contributed by atoms with E-state index >= 15 is 0 Å². The molecule has 0 saturated carbocycles. The van der Waals surface area contributed by atoms with Crippen molar-refractivity contribution < 1.29 is 14.3 Å². The first-order valence-corrected chi connectivity index (χ1v) is 4.59. The van der Waals surface area contributed by atoms with E-state index in [4.69, 9.17) is 15.3 Å². The van der Waals surface area contributed by atoms with Gasteiger partial charge in [-0.15, -0.1) is 0 Å². The number of nitrogens with two attached hydrogens (primary N) is 1. The van der Waals surface area contributed by atoms with Gasteiger partial charge in [0, 0.05) is 5.56 Å². The third kappa shape index (κ3) is 1.98. The maximum absolute atomic E-state index is 10.5. The average Bonchev–Trinajstić information content (AvgIpc) is 2.73. The van der Waals surface area contributed by atoms with Gasteiger partial charge in [-0.05, 0) is 23.8 Å². The van der Waals surface area contributed by atoms with Crippen LogP contribution in [0.2, 0.25) is 0 Å². The van der Waals surface area contributed by atoms with Crippen LogP contribution in [0.15, 0.2) is 41.2 Å². The molecule has 0 bridgehead atoms. The number of hydrogen-bond donors (Lipinski definition) is 3. The van der Waals surface area contributed by atoms with Crippen LogP contribution in [0.5, 0.6) is 0 Å². The molecule has 1 aromatic heterocycles. The quantitative estimate of drug-likeness (QED) is 0.676. The fourth-order valence-corrected chi connectivity index (χ4v) is 1.40. The van der Waals surface area contributed by atoms with Gasteiger partial charge in [-0.3, -0.25) is 5.32 Å². The SMILES string of the molecule is Nc1cc(-c2ccoc2)ccc1NC(=O)O. The molecular formula is C11H10N2O3. The third-order valence-corrected chi connectivity index (χ3v) is 2.15. The first kappa shape index (κ1) is 10.1. The molecule has 0 aliphatic rings. The second-order valence-electron chi connectivity index (χ2n) is 3.24. The van der Waals surface area contributed by atoms with Crippen LogP contribution in [0, 0.1) is 0 Å². The second-order valence-corrected chi connectivity index (χ2v) is 3.24. The van der Waals surface area contributed by atoms with Crippen molar-refractivity contribution in [3.63, 3.8) is 0 Å². The van der Waals surface area contributed by atoms with E-state index in [0.29, 0.717) is 11.4 Å². The van der Waals surface area contributed by atoms with E-state index in [9.17, 15) is 4.79 Å². The van der Waals surface area contributed by atoms with Crippen molar-refractivity contribution >= 4 is 17.5 Å². The molecule has 5 heteroatoms. The largest absolute Gasteiger partial charge is 0.472 e. The maximum Gasteiger partial charge on any atom is 0.409 e. The molecule has 0 spiro atoms. The molecule has 4 N–H and O–H groups in total. The predicted molar refractivity (Wildman–Crippen MR) is 60.2 cm³/mol. The highest BCUT2D eigenvalue weighted by Gasteiger charge is 2.05. The summed E-state index contributed by atoms with van der Waals surface area (Å²) in [7, 11) is 0. The van der Waals surface area contributed by atoms with Gasteiger partial charge in [0.15, 0.2) is 0 Å². The minimum atomic E-state index is -1.14. The molecular weight excluding hydrogens is 208 g/mol. The van der Waals surface area contributed by atoms with Crippen LogP contribution in [0.3, 0.4) is 0 Å². The van der Waals surface area contributed by atoms with Crippen molar-refractivity contribution in [2.45, 2.75) is 0 Å². The first-order chi connectivity index (χ1) is 7.66. The van der Waals surface area contributed by atoms with E-state index in [1.807, 2.05) is 0 Å². The van der Waals surface area contributed by atoms with Crippen LogP contribution in [-0.4, -0.2) is 11.2 Å². The van der Waals surface area contributed by atoms with Gasteiger partial charge in [-0.2, -0.15) is 0 Å². The Morgan fingerprint density at radius 1 is 1.31 bits per heavy atom. The van der Waals surface area contributed by atoms with Crippen LogP contribution in [0.4, 0.5) is 16.2 Å². The van der Waals surface area contributed by atoms with E-state index < -0.39 is 6.09 Å². The summed E-state index contributed by atoms with van der Waals surface area (Å²) in [5.74, 6) is 0. The minimum Gasteiger partial charge on any atom is -0.472 e. The number of anilines is 2. The summed E-state index contributed by atoms with van der Waals surface area (Å²) in [4.78, 5) is 10.5. The van der Waals surface area contributed by atoms with Gasteiger partial charge in [-0.25, -0.2) is 4.79 Å². The molecule has 0 aliphatic carbocycles. The Kier molecular flexibility index (Phi) is 2.51. The topological polar surface area (TPSA) is 88.5 Å². The molecule has 5 nitrogen and oxygen atoms in total. The summed E-state index contributed by atoms with van der Waals surface area (Å²) in [5, 5.41) is 10.8. The lowest BCUT2D eigenvalue weighted by Gasteiger charge is -2.06. The molecule has 1 heterocycles. The van der Waals surface area contributed by atoms with Gasteiger partial charge in [0.05, 0.1) is 23.9 Å². The lowest BCUT2D eigenvalue weighted by Crippen LogP contribution is -2.09. The van der Waals surface area contributed by atoms with Crippen molar-refractivity contribution in [3.05, 3.63) is 36.8 Å². The maximum atomic E-state index is 10.5. The summed E-state index contributed by atoms with van der Waals surface area (Å²) in [5.41, 5.74) is 8.24. The van der Waals surface area contributed by atoms with Gasteiger partial charge in [0.1, 0.15) is 0 Å². The number of benzene rings is 1. The number of carbonyl (C=O) groups is 1. The monoisotopic (exact) mass is 218 g/mol. The Balaban J connectivity index is 2.33. The summed E-state index contributed by atoms with van der Waals surface area (Å²) < 4.78 is 4.95. The molecule has 1 aromatic carbocycles. The fourth-order valence-electron chi connectivity index (χ4n) is 1.40. The second kappa shape index (κ2) is 3.98. The van der Waals surface area contributed by atoms with Crippen molar-refractivity contribution in [3.8, 4) is 11.1 Å². The highest BCUT2D eigenvalue weighted by molar-refractivity contribution is 5.89. The van der Waals surface area contributed by atoms with Crippen LogP contribution in [0.1, 0.15) is 0 Å². The number of nitrogens with one attached hydrogen (secondary N) is 1. The van der Waals surface area contributed by atoms with Crippen molar-refractivity contribution in [2.75, 3.05) is 11.1 Å². The Labute approximate surface area is 91.5 Å². The molecule has 16 heavy (non-hydrogen) atoms. The Morgan fingerprint density at radius 2 is 2.12 bits per heavy atom. The van der Waals surface area contributed by atoms with Gasteiger partial charge < -0.3 is 15.3 Å². The number of amides is 1. The standard InChI is InChI=1S/C11H10N2O3/c12-9-5-7(8-3-4-16-6-8)1-2-10(9)13-11(14)15/h1-6,13H,12H2,(H,14,15). The smallest absolute Gasteiger partial charge is 0.409 e. The minimum absolute atomic E-state index is 0.375. The lowest BCUT2D eigenvalue weighted by atomic mass is 10.1. The molecule has 1 amide bonds. The zero-order valence-corrected chi connectivity index (χ0v) is 8.31. The van der Waals surface area contributed by atoms with Gasteiger partial charge in [0.25, 0.3) is 0 Å². The first-order valence-electron chi connectivity index (χ1n) is 4.59. The van der Waals surface area contributed by atoms with E-state index in [1.165, 1.54) is 0 Å². The van der Waals surface area contributed by atoms with Gasteiger partial charge in [0.2, 0.25) is 0 Å². The Hall–Kier alpha value is -2.43. The van der Waals surface area contributed by atoms with Crippen LogP contribution in [0.25, 0.3) is 11.1 Å². The van der Waals surface area contributed by atoms with Gasteiger partial charge in [-0.1, -0.05) is 6.07 Å². The average molecular weight is 218 g/mol. The van der Waals surface area contributed by atoms with Crippen molar-refractivity contribution in [2.24, 2.45) is 0 Å². The highest BCUT2D eigenvalue weighted by atomic mass is 16.4. The number of carboxylic acid groups (broad SMARTS) is 1. The van der Waals surface area contributed by atoms with E-state index in [2.05, 4.69) is 5.32 Å². The molecule has 82 valence electrons. The van der Waals surface area contributed by atoms with Gasteiger partial charge >= 0.3 is 6.09 Å². The fraction of sp³-hybridized carbons (Fsp3) is 0. The summed E-state index contributed by atoms with van der Waals surface area (Å²) >= 11 is 0. The summed E-state index contributed by atoms with van der Waals surface area (Å²) in [6, 6.07) is 6.88. The highest BCUT2D eigenvalue weighted by Crippen LogP contribution is 2.27. The molecule has 0 saturated heterocycles. The van der Waals surface area contributed by atoms with Crippen LogP contribution >= 0.6 is 0 Å². The van der Waals surface area contributed by atoms with Crippen molar-refractivity contribution in [1.29, 1.82) is 0 Å². The molecule has 0 fully saturated rings. The molecule has 2 rings (SSSR count). The van der Waals surface area contributed by atoms with Crippen molar-refractivity contribution in [1.82, 2.24) is 0 Å². The van der Waals surface area contributed by atoms with E-state index in [-0.39, 0.29) is 0 Å². The Morgan fingerprint density at radius 3 is 2.69 bits per heavy atom. The summed E-state index contributed by atoms with van der Waals surface area (Å²) in [6.45, 7) is 0.